The van der Waals surface area contributed by atoms with Crippen molar-refractivity contribution in [3.63, 3.8) is 0 Å². The van der Waals surface area contributed by atoms with Gasteiger partial charge in [0.15, 0.2) is 11.6 Å². The lowest BCUT2D eigenvalue weighted by Gasteiger charge is -2.18. The normalized spacial score (nSPS) is 12.7. The molecule has 1 atom stereocenters. The first-order valence-electron chi connectivity index (χ1n) is 6.69. The minimum atomic E-state index is -0.815. The second-order valence-corrected chi connectivity index (χ2v) is 4.90. The summed E-state index contributed by atoms with van der Waals surface area (Å²) in [5.41, 5.74) is 2.73. The zero-order chi connectivity index (χ0) is 14.7. The van der Waals surface area contributed by atoms with Crippen molar-refractivity contribution >= 4 is 0 Å². The Morgan fingerprint density at radius 3 is 2.55 bits per heavy atom. The maximum atomic E-state index is 13.3. The Morgan fingerprint density at radius 1 is 1.25 bits per heavy atom. The van der Waals surface area contributed by atoms with Crippen LogP contribution in [0, 0.1) is 18.6 Å². The van der Waals surface area contributed by atoms with Gasteiger partial charge in [0.2, 0.25) is 0 Å². The van der Waals surface area contributed by atoms with E-state index in [9.17, 15) is 8.78 Å². The predicted molar refractivity (Wildman–Crippen MR) is 74.4 cm³/mol. The lowest BCUT2D eigenvalue weighted by atomic mass is 10.0. The van der Waals surface area contributed by atoms with Gasteiger partial charge in [-0.15, -0.1) is 0 Å². The van der Waals surface area contributed by atoms with Crippen LogP contribution in [0.4, 0.5) is 8.78 Å². The second-order valence-electron chi connectivity index (χ2n) is 4.90. The number of aryl methyl sites for hydroxylation is 2. The van der Waals surface area contributed by atoms with Crippen LogP contribution in [0.2, 0.25) is 0 Å². The first kappa shape index (κ1) is 14.7. The Balaban J connectivity index is 2.25. The summed E-state index contributed by atoms with van der Waals surface area (Å²) in [6, 6.07) is 6.07. The lowest BCUT2D eigenvalue weighted by Crippen LogP contribution is -2.25. The summed E-state index contributed by atoms with van der Waals surface area (Å²) in [7, 11) is 1.89. The number of nitrogens with one attached hydrogen (secondary N) is 1. The number of likely N-dealkylation sites (N-methyl/N-ethyl adjacent to an activating group) is 1. The van der Waals surface area contributed by atoms with Crippen LogP contribution < -0.4 is 5.32 Å². The van der Waals surface area contributed by atoms with E-state index in [0.717, 1.165) is 23.5 Å². The van der Waals surface area contributed by atoms with E-state index in [4.69, 9.17) is 0 Å². The molecule has 3 nitrogen and oxygen atoms in total. The average molecular weight is 279 g/mol. The molecule has 0 aliphatic heterocycles. The number of halogens is 2. The molecule has 0 saturated carbocycles. The van der Waals surface area contributed by atoms with E-state index in [1.54, 1.807) is 6.07 Å². The van der Waals surface area contributed by atoms with Gasteiger partial charge in [-0.2, -0.15) is 5.10 Å². The molecule has 5 heteroatoms. The Morgan fingerprint density at radius 2 is 2.00 bits per heavy atom. The van der Waals surface area contributed by atoms with E-state index >= 15 is 0 Å². The molecule has 0 aliphatic carbocycles. The minimum absolute atomic E-state index is 0.0241. The van der Waals surface area contributed by atoms with Crippen molar-refractivity contribution in [3.05, 3.63) is 52.9 Å². The summed E-state index contributed by atoms with van der Waals surface area (Å²) in [6.07, 6.45) is 0.587. The third kappa shape index (κ3) is 3.22. The standard InChI is InChI=1S/C15H19F2N3/c1-4-18-14(15-7-10(2)19-20(15)3)9-11-5-6-12(16)13(17)8-11/h5-8,14,18H,4,9H2,1-3H3. The van der Waals surface area contributed by atoms with Crippen molar-refractivity contribution < 1.29 is 8.78 Å². The van der Waals surface area contributed by atoms with E-state index in [-0.39, 0.29) is 6.04 Å². The van der Waals surface area contributed by atoms with Crippen LogP contribution in [0.15, 0.2) is 24.3 Å². The molecular formula is C15H19F2N3. The molecule has 20 heavy (non-hydrogen) atoms. The number of hydrogen-bond donors (Lipinski definition) is 1. The van der Waals surface area contributed by atoms with Gasteiger partial charge in [0.25, 0.3) is 0 Å². The maximum Gasteiger partial charge on any atom is 0.159 e. The first-order valence-corrected chi connectivity index (χ1v) is 6.69. The summed E-state index contributed by atoms with van der Waals surface area (Å²) in [6.45, 7) is 4.74. The second kappa shape index (κ2) is 6.13. The topological polar surface area (TPSA) is 29.9 Å². The van der Waals surface area contributed by atoms with E-state index in [1.165, 1.54) is 12.1 Å². The maximum absolute atomic E-state index is 13.3. The van der Waals surface area contributed by atoms with Gasteiger partial charge >= 0.3 is 0 Å². The highest BCUT2D eigenvalue weighted by Crippen LogP contribution is 2.20. The highest BCUT2D eigenvalue weighted by molar-refractivity contribution is 5.22. The van der Waals surface area contributed by atoms with E-state index in [1.807, 2.05) is 31.6 Å². The van der Waals surface area contributed by atoms with Gasteiger partial charge in [-0.25, -0.2) is 8.78 Å². The fourth-order valence-corrected chi connectivity index (χ4v) is 2.39. The van der Waals surface area contributed by atoms with Crippen molar-refractivity contribution in [2.24, 2.45) is 7.05 Å². The minimum Gasteiger partial charge on any atom is -0.309 e. The molecule has 0 radical (unpaired) electrons. The van der Waals surface area contributed by atoms with Crippen LogP contribution in [0.1, 0.15) is 29.9 Å². The Hall–Kier alpha value is -1.75. The summed E-state index contributed by atoms with van der Waals surface area (Å²) in [5.74, 6) is -1.62. The highest BCUT2D eigenvalue weighted by atomic mass is 19.2. The molecule has 0 spiro atoms. The van der Waals surface area contributed by atoms with Crippen molar-refractivity contribution in [2.75, 3.05) is 6.54 Å². The molecule has 1 aromatic carbocycles. The molecule has 1 aromatic heterocycles. The Labute approximate surface area is 117 Å². The van der Waals surface area contributed by atoms with Gasteiger partial charge in [0, 0.05) is 7.05 Å². The van der Waals surface area contributed by atoms with Crippen molar-refractivity contribution in [3.8, 4) is 0 Å². The predicted octanol–water partition coefficient (Wildman–Crippen LogP) is 2.90. The smallest absolute Gasteiger partial charge is 0.159 e. The molecule has 0 saturated heterocycles. The lowest BCUT2D eigenvalue weighted by molar-refractivity contribution is 0.493. The van der Waals surface area contributed by atoms with Crippen molar-refractivity contribution in [1.29, 1.82) is 0 Å². The zero-order valence-electron chi connectivity index (χ0n) is 12.0. The van der Waals surface area contributed by atoms with Crippen molar-refractivity contribution in [1.82, 2.24) is 15.1 Å². The fraction of sp³-hybridized carbons (Fsp3) is 0.400. The molecule has 0 fully saturated rings. The SMILES string of the molecule is CCNC(Cc1ccc(F)c(F)c1)c1cc(C)nn1C. The van der Waals surface area contributed by atoms with Crippen LogP contribution >= 0.6 is 0 Å². The molecule has 0 bridgehead atoms. The summed E-state index contributed by atoms with van der Waals surface area (Å²) in [5, 5.41) is 7.69. The van der Waals surface area contributed by atoms with E-state index in [0.29, 0.717) is 6.42 Å². The largest absolute Gasteiger partial charge is 0.309 e. The number of aromatic nitrogens is 2. The molecule has 2 rings (SSSR count). The third-order valence-electron chi connectivity index (χ3n) is 3.27. The molecule has 1 unspecified atom stereocenters. The molecular weight excluding hydrogens is 260 g/mol. The molecule has 0 aliphatic rings. The quantitative estimate of drug-likeness (QED) is 0.912. The van der Waals surface area contributed by atoms with E-state index in [2.05, 4.69) is 10.4 Å². The molecule has 1 heterocycles. The molecule has 108 valence electrons. The van der Waals surface area contributed by atoms with Gasteiger partial charge in [-0.3, -0.25) is 4.68 Å². The molecule has 1 N–H and O–H groups in total. The third-order valence-corrected chi connectivity index (χ3v) is 3.27. The van der Waals surface area contributed by atoms with Crippen molar-refractivity contribution in [2.45, 2.75) is 26.3 Å². The Kier molecular flexibility index (Phi) is 4.49. The number of rotatable bonds is 5. The summed E-state index contributed by atoms with van der Waals surface area (Å²) >= 11 is 0. The number of hydrogen-bond acceptors (Lipinski definition) is 2. The summed E-state index contributed by atoms with van der Waals surface area (Å²) < 4.78 is 28.1. The van der Waals surface area contributed by atoms with Crippen LogP contribution in [0.3, 0.4) is 0 Å². The van der Waals surface area contributed by atoms with Gasteiger partial charge < -0.3 is 5.32 Å². The first-order chi connectivity index (χ1) is 9.51. The zero-order valence-corrected chi connectivity index (χ0v) is 12.0. The number of benzene rings is 1. The van der Waals surface area contributed by atoms with Gasteiger partial charge in [0.05, 0.1) is 17.4 Å². The number of nitrogens with zero attached hydrogens (tertiary/aromatic N) is 2. The monoisotopic (exact) mass is 279 g/mol. The average Bonchev–Trinajstić information content (AvgIpc) is 2.72. The highest BCUT2D eigenvalue weighted by Gasteiger charge is 2.16. The van der Waals surface area contributed by atoms with Crippen LogP contribution in [0.25, 0.3) is 0 Å². The fourth-order valence-electron chi connectivity index (χ4n) is 2.39. The molecule has 0 amide bonds. The van der Waals surface area contributed by atoms with Crippen LogP contribution in [-0.2, 0) is 13.5 Å². The van der Waals surface area contributed by atoms with Gasteiger partial charge in [-0.05, 0) is 43.7 Å². The van der Waals surface area contributed by atoms with Crippen LogP contribution in [-0.4, -0.2) is 16.3 Å². The van der Waals surface area contributed by atoms with E-state index < -0.39 is 11.6 Å². The molecule has 2 aromatic rings. The van der Waals surface area contributed by atoms with Gasteiger partial charge in [0.1, 0.15) is 0 Å². The Bertz CT molecular complexity index is 593. The van der Waals surface area contributed by atoms with Crippen LogP contribution in [0.5, 0.6) is 0 Å². The summed E-state index contributed by atoms with van der Waals surface area (Å²) in [4.78, 5) is 0. The van der Waals surface area contributed by atoms with Gasteiger partial charge in [-0.1, -0.05) is 13.0 Å².